The van der Waals surface area contributed by atoms with Crippen LogP contribution in [-0.4, -0.2) is 50.5 Å². The van der Waals surface area contributed by atoms with E-state index in [1.165, 1.54) is 38.5 Å². The van der Waals surface area contributed by atoms with Gasteiger partial charge in [-0.3, -0.25) is 4.79 Å². The summed E-state index contributed by atoms with van der Waals surface area (Å²) in [6.45, 7) is 0.712. The summed E-state index contributed by atoms with van der Waals surface area (Å²) in [5.41, 5.74) is 0.894. The number of hydrogen-bond acceptors (Lipinski definition) is 6. The molecule has 2 atom stereocenters. The Balaban J connectivity index is 2.07. The highest BCUT2D eigenvalue weighted by atomic mass is 35.5. The quantitative estimate of drug-likeness (QED) is 0.636. The molecule has 1 N–H and O–H groups in total. The van der Waals surface area contributed by atoms with Crippen LogP contribution in [0.25, 0.3) is 22.3 Å². The lowest BCUT2D eigenvalue weighted by Crippen LogP contribution is -2.32. The summed E-state index contributed by atoms with van der Waals surface area (Å²) >= 11 is 6.27. The molecule has 3 aromatic rings. The van der Waals surface area contributed by atoms with Crippen molar-refractivity contribution in [1.82, 2.24) is 4.90 Å². The van der Waals surface area contributed by atoms with Crippen molar-refractivity contribution in [3.63, 3.8) is 0 Å². The first-order valence-electron chi connectivity index (χ1n) is 9.88. The van der Waals surface area contributed by atoms with Crippen molar-refractivity contribution >= 4 is 22.6 Å². The molecule has 2 aromatic carbocycles. The van der Waals surface area contributed by atoms with Crippen molar-refractivity contribution < 1.29 is 23.4 Å². The Morgan fingerprint density at radius 3 is 2.65 bits per heavy atom. The highest BCUT2D eigenvalue weighted by molar-refractivity contribution is 6.33. The van der Waals surface area contributed by atoms with Crippen LogP contribution in [0.2, 0.25) is 5.02 Å². The van der Waals surface area contributed by atoms with Crippen LogP contribution in [0.15, 0.2) is 39.5 Å². The minimum absolute atomic E-state index is 0.0580. The molecule has 164 valence electrons. The second kappa shape index (κ2) is 8.49. The molecular weight excluding hydrogens is 425 g/mol. The van der Waals surface area contributed by atoms with Gasteiger partial charge in [-0.15, -0.1) is 0 Å². The molecule has 0 amide bonds. The van der Waals surface area contributed by atoms with Crippen LogP contribution in [0.1, 0.15) is 17.9 Å². The topological polar surface area (TPSA) is 72.1 Å². The van der Waals surface area contributed by atoms with Gasteiger partial charge in [-0.1, -0.05) is 11.6 Å². The zero-order valence-corrected chi connectivity index (χ0v) is 18.2. The Kier molecular flexibility index (Phi) is 5.92. The highest BCUT2D eigenvalue weighted by Crippen LogP contribution is 2.45. The third kappa shape index (κ3) is 3.67. The Morgan fingerprint density at radius 2 is 1.97 bits per heavy atom. The average molecular weight is 448 g/mol. The first-order chi connectivity index (χ1) is 14.9. The molecule has 1 aliphatic heterocycles. The maximum Gasteiger partial charge on any atom is 0.197 e. The fraction of sp³-hybridized carbons (Fsp3) is 0.348. The standard InChI is InChI=1S/C23H23ClFNO5/c1-26-7-6-13(16(26)11-27)21-19(29-2)10-20(30-3)22-17(28)9-18(31-23(21)22)14-8-12(25)4-5-15(14)24/h4-5,8-10,13,16,27H,6-7,11H2,1-3H3. The van der Waals surface area contributed by atoms with Crippen molar-refractivity contribution in [2.24, 2.45) is 0 Å². The normalized spacial score (nSPS) is 19.2. The lowest BCUT2D eigenvalue weighted by Gasteiger charge is -2.25. The monoisotopic (exact) mass is 447 g/mol. The van der Waals surface area contributed by atoms with Crippen molar-refractivity contribution in [2.75, 3.05) is 34.4 Å². The Hall–Kier alpha value is -2.61. The van der Waals surface area contributed by atoms with E-state index in [0.29, 0.717) is 17.1 Å². The first-order valence-corrected chi connectivity index (χ1v) is 10.3. The van der Waals surface area contributed by atoms with Crippen LogP contribution in [0, 0.1) is 5.82 Å². The number of likely N-dealkylation sites (N-methyl/N-ethyl adjacent to an activating group) is 1. The number of rotatable bonds is 5. The van der Waals surface area contributed by atoms with Gasteiger partial charge in [-0.05, 0) is 38.2 Å². The summed E-state index contributed by atoms with van der Waals surface area (Å²) in [6.07, 6.45) is 0.744. The summed E-state index contributed by atoms with van der Waals surface area (Å²) in [6, 6.07) is 6.66. The van der Waals surface area contributed by atoms with E-state index in [2.05, 4.69) is 4.90 Å². The third-order valence-corrected chi connectivity index (χ3v) is 6.31. The number of aliphatic hydroxyl groups is 1. The molecule has 0 spiro atoms. The zero-order chi connectivity index (χ0) is 22.3. The number of nitrogens with zero attached hydrogens (tertiary/aromatic N) is 1. The smallest absolute Gasteiger partial charge is 0.197 e. The lowest BCUT2D eigenvalue weighted by molar-refractivity contribution is 0.171. The zero-order valence-electron chi connectivity index (χ0n) is 17.4. The van der Waals surface area contributed by atoms with Crippen LogP contribution in [0.3, 0.4) is 0 Å². The van der Waals surface area contributed by atoms with Crippen molar-refractivity contribution in [3.05, 3.63) is 57.0 Å². The van der Waals surface area contributed by atoms with Crippen LogP contribution < -0.4 is 14.9 Å². The maximum atomic E-state index is 13.9. The second-order valence-electron chi connectivity index (χ2n) is 7.62. The molecule has 1 aromatic heterocycles. The SMILES string of the molecule is COc1cc(OC)c2c(=O)cc(-c3cc(F)ccc3Cl)oc2c1C1CCN(C)C1CO. The minimum Gasteiger partial charge on any atom is -0.496 e. The van der Waals surface area contributed by atoms with Crippen LogP contribution in [0.5, 0.6) is 11.5 Å². The molecule has 0 bridgehead atoms. The number of aliphatic hydroxyl groups excluding tert-OH is 1. The molecule has 6 nitrogen and oxygen atoms in total. The molecule has 8 heteroatoms. The van der Waals surface area contributed by atoms with Crippen LogP contribution >= 0.6 is 11.6 Å². The summed E-state index contributed by atoms with van der Waals surface area (Å²) in [5, 5.41) is 10.5. The average Bonchev–Trinajstić information content (AvgIpc) is 3.13. The largest absolute Gasteiger partial charge is 0.496 e. The van der Waals surface area contributed by atoms with E-state index in [1.807, 2.05) is 7.05 Å². The fourth-order valence-corrected chi connectivity index (χ4v) is 4.62. The van der Waals surface area contributed by atoms with Crippen molar-refractivity contribution in [3.8, 4) is 22.8 Å². The molecule has 0 saturated carbocycles. The van der Waals surface area contributed by atoms with Gasteiger partial charge in [0.05, 0.1) is 25.8 Å². The summed E-state index contributed by atoms with van der Waals surface area (Å²) < 4.78 is 31.2. The van der Waals surface area contributed by atoms with E-state index in [4.69, 9.17) is 25.5 Å². The highest BCUT2D eigenvalue weighted by Gasteiger charge is 2.37. The van der Waals surface area contributed by atoms with Gasteiger partial charge in [0, 0.05) is 35.2 Å². The number of ether oxygens (including phenoxy) is 2. The lowest BCUT2D eigenvalue weighted by atomic mass is 9.89. The maximum absolute atomic E-state index is 13.9. The molecule has 1 aliphatic rings. The van der Waals surface area contributed by atoms with Crippen LogP contribution in [0.4, 0.5) is 4.39 Å². The number of hydrogen-bond donors (Lipinski definition) is 1. The molecule has 2 unspecified atom stereocenters. The van der Waals surface area contributed by atoms with E-state index >= 15 is 0 Å². The summed E-state index contributed by atoms with van der Waals surface area (Å²) in [4.78, 5) is 15.2. The van der Waals surface area contributed by atoms with Gasteiger partial charge < -0.3 is 23.9 Å². The predicted molar refractivity (Wildman–Crippen MR) is 117 cm³/mol. The van der Waals surface area contributed by atoms with E-state index < -0.39 is 5.82 Å². The van der Waals surface area contributed by atoms with Crippen LogP contribution in [-0.2, 0) is 0 Å². The predicted octanol–water partition coefficient (Wildman–Crippen LogP) is 4.05. The van der Waals surface area contributed by atoms with Gasteiger partial charge in [-0.25, -0.2) is 4.39 Å². The Labute approximate surface area is 183 Å². The van der Waals surface area contributed by atoms with Gasteiger partial charge >= 0.3 is 0 Å². The Morgan fingerprint density at radius 1 is 1.23 bits per heavy atom. The molecule has 0 radical (unpaired) electrons. The van der Waals surface area contributed by atoms with E-state index in [1.54, 1.807) is 6.07 Å². The first kappa shape index (κ1) is 21.6. The molecule has 1 saturated heterocycles. The molecule has 4 rings (SSSR count). The molecule has 2 heterocycles. The molecule has 31 heavy (non-hydrogen) atoms. The van der Waals surface area contributed by atoms with E-state index in [-0.39, 0.29) is 51.3 Å². The minimum atomic E-state index is -0.497. The van der Waals surface area contributed by atoms with Crippen molar-refractivity contribution in [2.45, 2.75) is 18.4 Å². The number of halogens is 2. The third-order valence-electron chi connectivity index (χ3n) is 5.98. The summed E-state index contributed by atoms with van der Waals surface area (Å²) in [7, 11) is 4.93. The van der Waals surface area contributed by atoms with Gasteiger partial charge in [0.1, 0.15) is 34.0 Å². The van der Waals surface area contributed by atoms with Gasteiger partial charge in [0.15, 0.2) is 5.43 Å². The van der Waals surface area contributed by atoms with Gasteiger partial charge in [0.25, 0.3) is 0 Å². The number of methoxy groups -OCH3 is 2. The van der Waals surface area contributed by atoms with Gasteiger partial charge in [-0.2, -0.15) is 0 Å². The van der Waals surface area contributed by atoms with Crippen molar-refractivity contribution in [1.29, 1.82) is 0 Å². The summed E-state index contributed by atoms with van der Waals surface area (Å²) in [5.74, 6) is 0.315. The Bertz CT molecular complexity index is 1190. The molecular formula is C23H23ClFNO5. The number of likely N-dealkylation sites (tertiary alicyclic amines) is 1. The molecule has 0 aliphatic carbocycles. The second-order valence-corrected chi connectivity index (χ2v) is 8.03. The van der Waals surface area contributed by atoms with Gasteiger partial charge in [0.2, 0.25) is 0 Å². The number of fused-ring (bicyclic) bond motifs is 1. The van der Waals surface area contributed by atoms with E-state index in [0.717, 1.165) is 13.0 Å². The number of benzene rings is 2. The fourth-order valence-electron chi connectivity index (χ4n) is 4.41. The molecule has 1 fully saturated rings. The van der Waals surface area contributed by atoms with E-state index in [9.17, 15) is 14.3 Å².